The third-order valence-corrected chi connectivity index (χ3v) is 2.77. The Kier molecular flexibility index (Phi) is 3.56. The van der Waals surface area contributed by atoms with E-state index >= 15 is 0 Å². The van der Waals surface area contributed by atoms with Crippen molar-refractivity contribution >= 4 is 17.0 Å². The SMILES string of the molecule is C(#Cc1ccccc1)CCNc1ncnc2[nH]cnc12. The molecule has 3 aromatic rings. The lowest BCUT2D eigenvalue weighted by Gasteiger charge is -2.02. The van der Waals surface area contributed by atoms with Crippen LogP contribution in [0.3, 0.4) is 0 Å². The summed E-state index contributed by atoms with van der Waals surface area (Å²) in [5.41, 5.74) is 2.52. The molecule has 2 N–H and O–H groups in total. The molecule has 0 atom stereocenters. The van der Waals surface area contributed by atoms with Gasteiger partial charge in [0.15, 0.2) is 11.5 Å². The summed E-state index contributed by atoms with van der Waals surface area (Å²) < 4.78 is 0. The lowest BCUT2D eigenvalue weighted by atomic mass is 10.2. The molecule has 0 radical (unpaired) electrons. The average Bonchev–Trinajstić information content (AvgIpc) is 2.97. The Morgan fingerprint density at radius 1 is 1.10 bits per heavy atom. The number of hydrogen-bond donors (Lipinski definition) is 2. The Morgan fingerprint density at radius 3 is 2.90 bits per heavy atom. The second-order valence-electron chi connectivity index (χ2n) is 4.17. The fourth-order valence-corrected chi connectivity index (χ4v) is 1.82. The predicted molar refractivity (Wildman–Crippen MR) is 78.1 cm³/mol. The van der Waals surface area contributed by atoms with E-state index in [2.05, 4.69) is 37.1 Å². The minimum atomic E-state index is 0.721. The number of nitrogens with one attached hydrogen (secondary N) is 2. The first kappa shape index (κ1) is 12.2. The van der Waals surface area contributed by atoms with E-state index in [0.717, 1.165) is 35.5 Å². The normalized spacial score (nSPS) is 10.0. The highest BCUT2D eigenvalue weighted by Crippen LogP contribution is 2.13. The Bertz CT molecular complexity index is 752. The van der Waals surface area contributed by atoms with Gasteiger partial charge in [-0.05, 0) is 12.1 Å². The maximum atomic E-state index is 4.19. The van der Waals surface area contributed by atoms with Crippen LogP contribution in [0.25, 0.3) is 11.2 Å². The molecule has 0 spiro atoms. The number of anilines is 1. The third-order valence-electron chi connectivity index (χ3n) is 2.77. The minimum absolute atomic E-state index is 0.721. The molecule has 5 nitrogen and oxygen atoms in total. The maximum absolute atomic E-state index is 4.19. The largest absolute Gasteiger partial charge is 0.367 e. The van der Waals surface area contributed by atoms with Crippen molar-refractivity contribution < 1.29 is 0 Å². The number of H-pyrrole nitrogens is 1. The molecule has 3 rings (SSSR count). The Balaban J connectivity index is 1.58. The Morgan fingerprint density at radius 2 is 2.00 bits per heavy atom. The van der Waals surface area contributed by atoms with E-state index in [4.69, 9.17) is 0 Å². The molecule has 0 aliphatic heterocycles. The molecule has 0 fully saturated rings. The van der Waals surface area contributed by atoms with Gasteiger partial charge in [-0.2, -0.15) is 0 Å². The molecule has 2 aromatic heterocycles. The van der Waals surface area contributed by atoms with E-state index in [9.17, 15) is 0 Å². The van der Waals surface area contributed by atoms with E-state index in [1.54, 1.807) is 6.33 Å². The van der Waals surface area contributed by atoms with Crippen LogP contribution in [0.1, 0.15) is 12.0 Å². The quantitative estimate of drug-likeness (QED) is 0.561. The van der Waals surface area contributed by atoms with Gasteiger partial charge in [0.1, 0.15) is 11.8 Å². The number of imidazole rings is 1. The number of nitrogens with zero attached hydrogens (tertiary/aromatic N) is 3. The topological polar surface area (TPSA) is 66.5 Å². The average molecular weight is 263 g/mol. The van der Waals surface area contributed by atoms with Crippen LogP contribution in [-0.2, 0) is 0 Å². The first-order chi connectivity index (χ1) is 9.93. The lowest BCUT2D eigenvalue weighted by Crippen LogP contribution is -2.03. The highest BCUT2D eigenvalue weighted by atomic mass is 15.1. The van der Waals surface area contributed by atoms with Crippen molar-refractivity contribution in [1.29, 1.82) is 0 Å². The van der Waals surface area contributed by atoms with Gasteiger partial charge in [-0.25, -0.2) is 15.0 Å². The van der Waals surface area contributed by atoms with Crippen molar-refractivity contribution in [3.05, 3.63) is 48.5 Å². The molecule has 98 valence electrons. The first-order valence-corrected chi connectivity index (χ1v) is 6.35. The van der Waals surface area contributed by atoms with Crippen LogP contribution in [0.15, 0.2) is 43.0 Å². The number of aromatic amines is 1. The summed E-state index contributed by atoms with van der Waals surface area (Å²) in [5, 5.41) is 3.22. The zero-order valence-electron chi connectivity index (χ0n) is 10.8. The van der Waals surface area contributed by atoms with Crippen LogP contribution in [0.4, 0.5) is 5.82 Å². The van der Waals surface area contributed by atoms with E-state index in [1.807, 2.05) is 30.3 Å². The van der Waals surface area contributed by atoms with Crippen molar-refractivity contribution in [3.8, 4) is 11.8 Å². The van der Waals surface area contributed by atoms with Gasteiger partial charge in [0.25, 0.3) is 0 Å². The monoisotopic (exact) mass is 263 g/mol. The van der Waals surface area contributed by atoms with Crippen molar-refractivity contribution in [3.63, 3.8) is 0 Å². The van der Waals surface area contributed by atoms with Crippen LogP contribution in [0.2, 0.25) is 0 Å². The zero-order chi connectivity index (χ0) is 13.6. The lowest BCUT2D eigenvalue weighted by molar-refractivity contribution is 1.07. The number of benzene rings is 1. The standard InChI is InChI=1S/C15H13N5/c1-2-6-12(7-3-1)8-4-5-9-16-14-13-15(18-10-17-13)20-11-19-14/h1-3,6-7,10-11H,5,9H2,(H2,16,17,18,19,20). The summed E-state index contributed by atoms with van der Waals surface area (Å²) in [5.74, 6) is 6.98. The first-order valence-electron chi connectivity index (χ1n) is 6.35. The van der Waals surface area contributed by atoms with E-state index < -0.39 is 0 Å². The number of aromatic nitrogens is 4. The molecule has 1 aromatic carbocycles. The van der Waals surface area contributed by atoms with E-state index in [1.165, 1.54) is 6.33 Å². The summed E-state index contributed by atoms with van der Waals surface area (Å²) in [4.78, 5) is 15.4. The molecular formula is C15H13N5. The Hall–Kier alpha value is -2.87. The van der Waals surface area contributed by atoms with Crippen LogP contribution < -0.4 is 5.32 Å². The molecule has 5 heteroatoms. The molecular weight excluding hydrogens is 250 g/mol. The summed E-state index contributed by atoms with van der Waals surface area (Å²) in [7, 11) is 0. The minimum Gasteiger partial charge on any atom is -0.367 e. The molecule has 0 saturated heterocycles. The maximum Gasteiger partial charge on any atom is 0.162 e. The van der Waals surface area contributed by atoms with Gasteiger partial charge in [0.2, 0.25) is 0 Å². The summed E-state index contributed by atoms with van der Waals surface area (Å²) in [6.45, 7) is 0.721. The van der Waals surface area contributed by atoms with E-state index in [-0.39, 0.29) is 0 Å². The van der Waals surface area contributed by atoms with Gasteiger partial charge >= 0.3 is 0 Å². The molecule has 0 aliphatic rings. The Labute approximate surface area is 116 Å². The molecule has 0 bridgehead atoms. The fraction of sp³-hybridized carbons (Fsp3) is 0.133. The van der Waals surface area contributed by atoms with Gasteiger partial charge < -0.3 is 10.3 Å². The molecule has 0 amide bonds. The molecule has 20 heavy (non-hydrogen) atoms. The highest BCUT2D eigenvalue weighted by Gasteiger charge is 2.03. The number of fused-ring (bicyclic) bond motifs is 1. The summed E-state index contributed by atoms with van der Waals surface area (Å²) in [6, 6.07) is 9.95. The van der Waals surface area contributed by atoms with Gasteiger partial charge in [0, 0.05) is 18.5 Å². The molecule has 2 heterocycles. The highest BCUT2D eigenvalue weighted by molar-refractivity contribution is 5.81. The second-order valence-corrected chi connectivity index (χ2v) is 4.17. The molecule has 0 saturated carbocycles. The predicted octanol–water partition coefficient (Wildman–Crippen LogP) is 2.21. The van der Waals surface area contributed by atoms with Crippen LogP contribution in [-0.4, -0.2) is 26.5 Å². The summed E-state index contributed by atoms with van der Waals surface area (Å²) >= 11 is 0. The van der Waals surface area contributed by atoms with Crippen molar-refractivity contribution in [2.75, 3.05) is 11.9 Å². The molecule has 0 unspecified atom stereocenters. The van der Waals surface area contributed by atoms with Gasteiger partial charge in [-0.1, -0.05) is 30.0 Å². The second kappa shape index (κ2) is 5.85. The summed E-state index contributed by atoms with van der Waals surface area (Å²) in [6.07, 6.45) is 3.86. The van der Waals surface area contributed by atoms with Crippen molar-refractivity contribution in [2.45, 2.75) is 6.42 Å². The van der Waals surface area contributed by atoms with Crippen LogP contribution >= 0.6 is 0 Å². The third kappa shape index (κ3) is 2.75. The van der Waals surface area contributed by atoms with Crippen molar-refractivity contribution in [1.82, 2.24) is 19.9 Å². The van der Waals surface area contributed by atoms with Gasteiger partial charge in [-0.15, -0.1) is 0 Å². The van der Waals surface area contributed by atoms with Crippen LogP contribution in [0, 0.1) is 11.8 Å². The van der Waals surface area contributed by atoms with E-state index in [0.29, 0.717) is 0 Å². The van der Waals surface area contributed by atoms with Crippen molar-refractivity contribution in [2.24, 2.45) is 0 Å². The fourth-order valence-electron chi connectivity index (χ4n) is 1.82. The number of hydrogen-bond acceptors (Lipinski definition) is 4. The smallest absolute Gasteiger partial charge is 0.162 e. The van der Waals surface area contributed by atoms with Gasteiger partial charge in [-0.3, -0.25) is 0 Å². The van der Waals surface area contributed by atoms with Gasteiger partial charge in [0.05, 0.1) is 6.33 Å². The molecule has 0 aliphatic carbocycles. The zero-order valence-corrected chi connectivity index (χ0v) is 10.8. The van der Waals surface area contributed by atoms with Crippen LogP contribution in [0.5, 0.6) is 0 Å². The number of rotatable bonds is 3.